The predicted octanol–water partition coefficient (Wildman–Crippen LogP) is 2.17. The van der Waals surface area contributed by atoms with Crippen LogP contribution in [0.25, 0.3) is 0 Å². The van der Waals surface area contributed by atoms with Gasteiger partial charge in [-0.2, -0.15) is 0 Å². The first-order chi connectivity index (χ1) is 8.39. The molecule has 0 aromatic rings. The van der Waals surface area contributed by atoms with Crippen molar-refractivity contribution in [3.8, 4) is 0 Å². The van der Waals surface area contributed by atoms with Crippen molar-refractivity contribution in [3.63, 3.8) is 0 Å². The van der Waals surface area contributed by atoms with Crippen molar-refractivity contribution in [2.24, 2.45) is 0 Å². The maximum atomic E-state index is 10.1. The molecule has 1 aliphatic rings. The SMILES string of the molecule is CC1(C)OB(/C=C/CCOCCC=O)OC1(C)C. The monoisotopic (exact) mass is 254 g/mol. The Hall–Kier alpha value is -0.645. The number of aldehydes is 1. The summed E-state index contributed by atoms with van der Waals surface area (Å²) >= 11 is 0. The second kappa shape index (κ2) is 6.50. The molecule has 0 aromatic carbocycles. The zero-order valence-corrected chi connectivity index (χ0v) is 11.8. The maximum absolute atomic E-state index is 10.1. The minimum atomic E-state index is -0.289. The summed E-state index contributed by atoms with van der Waals surface area (Å²) in [5.74, 6) is 1.92. The molecule has 1 saturated heterocycles. The van der Waals surface area contributed by atoms with Crippen LogP contribution >= 0.6 is 0 Å². The zero-order chi connectivity index (χ0) is 13.6. The molecule has 4 nitrogen and oxygen atoms in total. The van der Waals surface area contributed by atoms with E-state index in [1.807, 2.05) is 39.7 Å². The van der Waals surface area contributed by atoms with Crippen LogP contribution in [0.5, 0.6) is 0 Å². The van der Waals surface area contributed by atoms with Crippen LogP contribution in [0.1, 0.15) is 40.5 Å². The van der Waals surface area contributed by atoms with Gasteiger partial charge in [-0.3, -0.25) is 0 Å². The van der Waals surface area contributed by atoms with Gasteiger partial charge in [-0.15, -0.1) is 0 Å². The fraction of sp³-hybridized carbons (Fsp3) is 0.769. The molecule has 0 N–H and O–H groups in total. The molecule has 18 heavy (non-hydrogen) atoms. The Morgan fingerprint density at radius 2 is 1.61 bits per heavy atom. The summed E-state index contributed by atoms with van der Waals surface area (Å²) < 4.78 is 16.9. The molecule has 0 amide bonds. The van der Waals surface area contributed by atoms with E-state index in [-0.39, 0.29) is 18.3 Å². The third kappa shape index (κ3) is 4.23. The highest BCUT2D eigenvalue weighted by Gasteiger charge is 2.49. The molecule has 0 atom stereocenters. The van der Waals surface area contributed by atoms with Gasteiger partial charge in [0, 0.05) is 13.0 Å². The van der Waals surface area contributed by atoms with Gasteiger partial charge in [0.2, 0.25) is 0 Å². The van der Waals surface area contributed by atoms with Crippen molar-refractivity contribution < 1.29 is 18.8 Å². The second-order valence-corrected chi connectivity index (χ2v) is 5.41. The molecule has 0 saturated carbocycles. The number of carbonyl (C=O) groups is 1. The van der Waals surface area contributed by atoms with Gasteiger partial charge >= 0.3 is 7.12 Å². The van der Waals surface area contributed by atoms with Crippen LogP contribution in [0.15, 0.2) is 12.1 Å². The van der Waals surface area contributed by atoms with Crippen LogP contribution in [0, 0.1) is 0 Å². The smallest absolute Gasteiger partial charge is 0.400 e. The highest BCUT2D eigenvalue weighted by atomic mass is 16.7. The average Bonchev–Trinajstić information content (AvgIpc) is 2.46. The van der Waals surface area contributed by atoms with Gasteiger partial charge in [-0.1, -0.05) is 12.1 Å². The zero-order valence-electron chi connectivity index (χ0n) is 11.8. The fourth-order valence-electron chi connectivity index (χ4n) is 1.56. The van der Waals surface area contributed by atoms with Gasteiger partial charge in [-0.05, 0) is 34.1 Å². The Morgan fingerprint density at radius 1 is 1.06 bits per heavy atom. The van der Waals surface area contributed by atoms with Crippen molar-refractivity contribution >= 4 is 13.4 Å². The average molecular weight is 254 g/mol. The summed E-state index contributed by atoms with van der Waals surface area (Å²) in [7, 11) is -0.287. The number of carbonyl (C=O) groups excluding carboxylic acids is 1. The minimum Gasteiger partial charge on any atom is -0.400 e. The van der Waals surface area contributed by atoms with Crippen LogP contribution in [0.2, 0.25) is 0 Å². The molecule has 102 valence electrons. The van der Waals surface area contributed by atoms with E-state index in [1.54, 1.807) is 0 Å². The Labute approximate surface area is 110 Å². The normalized spacial score (nSPS) is 21.7. The first-order valence-electron chi connectivity index (χ1n) is 6.43. The number of rotatable bonds is 7. The Bertz CT molecular complexity index is 283. The lowest BCUT2D eigenvalue weighted by atomic mass is 9.90. The van der Waals surface area contributed by atoms with E-state index in [0.717, 1.165) is 12.7 Å². The fourth-order valence-corrected chi connectivity index (χ4v) is 1.56. The predicted molar refractivity (Wildman–Crippen MR) is 71.3 cm³/mol. The van der Waals surface area contributed by atoms with Gasteiger partial charge < -0.3 is 18.8 Å². The van der Waals surface area contributed by atoms with Crippen molar-refractivity contribution in [3.05, 3.63) is 12.1 Å². The molecule has 1 fully saturated rings. The number of ether oxygens (including phenoxy) is 1. The topological polar surface area (TPSA) is 44.8 Å². The van der Waals surface area contributed by atoms with Crippen LogP contribution in [0.3, 0.4) is 0 Å². The Balaban J connectivity index is 2.22. The molecule has 0 spiro atoms. The summed E-state index contributed by atoms with van der Waals surface area (Å²) in [5, 5.41) is 0. The second-order valence-electron chi connectivity index (χ2n) is 5.41. The van der Waals surface area contributed by atoms with E-state index in [1.165, 1.54) is 0 Å². The van der Waals surface area contributed by atoms with E-state index >= 15 is 0 Å². The van der Waals surface area contributed by atoms with Crippen LogP contribution in [-0.4, -0.2) is 37.8 Å². The number of hydrogen-bond acceptors (Lipinski definition) is 4. The molecular weight excluding hydrogens is 231 g/mol. The van der Waals surface area contributed by atoms with Crippen molar-refractivity contribution in [2.75, 3.05) is 13.2 Å². The Kier molecular flexibility index (Phi) is 5.57. The van der Waals surface area contributed by atoms with Gasteiger partial charge in [-0.25, -0.2) is 0 Å². The molecule has 1 aliphatic heterocycles. The van der Waals surface area contributed by atoms with E-state index < -0.39 is 0 Å². The van der Waals surface area contributed by atoms with Gasteiger partial charge in [0.1, 0.15) is 6.29 Å². The van der Waals surface area contributed by atoms with Gasteiger partial charge in [0.15, 0.2) is 0 Å². The molecule has 0 bridgehead atoms. The van der Waals surface area contributed by atoms with Crippen LogP contribution in [0.4, 0.5) is 0 Å². The molecule has 0 aliphatic carbocycles. The van der Waals surface area contributed by atoms with Crippen molar-refractivity contribution in [1.82, 2.24) is 0 Å². The van der Waals surface area contributed by atoms with Crippen LogP contribution in [-0.2, 0) is 18.8 Å². The van der Waals surface area contributed by atoms with Gasteiger partial charge in [0.05, 0.1) is 17.8 Å². The third-order valence-corrected chi connectivity index (χ3v) is 3.37. The molecule has 0 unspecified atom stereocenters. The summed E-state index contributed by atoms with van der Waals surface area (Å²) in [5.41, 5.74) is -0.578. The molecule has 5 heteroatoms. The van der Waals surface area contributed by atoms with E-state index in [9.17, 15) is 4.79 Å². The first kappa shape index (κ1) is 15.4. The first-order valence-corrected chi connectivity index (χ1v) is 6.43. The lowest BCUT2D eigenvalue weighted by Gasteiger charge is -2.32. The van der Waals surface area contributed by atoms with Crippen molar-refractivity contribution in [1.29, 1.82) is 0 Å². The molecule has 0 radical (unpaired) electrons. The quantitative estimate of drug-likeness (QED) is 0.397. The molecule has 0 aromatic heterocycles. The lowest BCUT2D eigenvalue weighted by Crippen LogP contribution is -2.41. The van der Waals surface area contributed by atoms with Crippen LogP contribution < -0.4 is 0 Å². The maximum Gasteiger partial charge on any atom is 0.486 e. The Morgan fingerprint density at radius 3 is 2.17 bits per heavy atom. The van der Waals surface area contributed by atoms with Crippen molar-refractivity contribution in [2.45, 2.75) is 51.7 Å². The van der Waals surface area contributed by atoms with Gasteiger partial charge in [0.25, 0.3) is 0 Å². The molecular formula is C13H23BO4. The highest BCUT2D eigenvalue weighted by molar-refractivity contribution is 6.51. The lowest BCUT2D eigenvalue weighted by molar-refractivity contribution is -0.108. The standard InChI is InChI=1S/C13H23BO4/c1-12(2)13(3,4)18-14(17-12)8-5-6-10-16-11-7-9-15/h5,8-9H,6-7,10-11H2,1-4H3/b8-5+. The van der Waals surface area contributed by atoms with E-state index in [2.05, 4.69) is 0 Å². The minimum absolute atomic E-state index is 0.287. The highest BCUT2D eigenvalue weighted by Crippen LogP contribution is 2.36. The molecule has 1 rings (SSSR count). The largest absolute Gasteiger partial charge is 0.486 e. The molecule has 1 heterocycles. The van der Waals surface area contributed by atoms with E-state index in [4.69, 9.17) is 14.0 Å². The van der Waals surface area contributed by atoms with E-state index in [0.29, 0.717) is 19.6 Å². The number of hydrogen-bond donors (Lipinski definition) is 0. The summed E-state index contributed by atoms with van der Waals surface area (Å²) in [6, 6.07) is 0. The summed E-state index contributed by atoms with van der Waals surface area (Å²) in [4.78, 5) is 10.1. The summed E-state index contributed by atoms with van der Waals surface area (Å²) in [6.45, 7) is 9.23. The summed E-state index contributed by atoms with van der Waals surface area (Å²) in [6.07, 6.45) is 4.10. The third-order valence-electron chi connectivity index (χ3n) is 3.37.